The van der Waals surface area contributed by atoms with Crippen molar-refractivity contribution in [3.8, 4) is 23.0 Å². The third-order valence-corrected chi connectivity index (χ3v) is 6.33. The molecule has 0 aliphatic carbocycles. The number of hydrogen-bond donors (Lipinski definition) is 1. The number of methoxy groups -OCH3 is 4. The molecule has 0 aliphatic rings. The molecule has 3 aromatic rings. The van der Waals surface area contributed by atoms with E-state index in [1.165, 1.54) is 40.6 Å². The van der Waals surface area contributed by atoms with Crippen LogP contribution in [0.1, 0.15) is 11.1 Å². The predicted octanol–water partition coefficient (Wildman–Crippen LogP) is 4.60. The number of sulfonamides is 1. The molecule has 35 heavy (non-hydrogen) atoms. The van der Waals surface area contributed by atoms with Gasteiger partial charge in [0.15, 0.2) is 17.2 Å². The van der Waals surface area contributed by atoms with Gasteiger partial charge in [-0.15, -0.1) is 0 Å². The van der Waals surface area contributed by atoms with Gasteiger partial charge in [0.25, 0.3) is 10.0 Å². The van der Waals surface area contributed by atoms with Crippen LogP contribution >= 0.6 is 0 Å². The zero-order valence-electron chi connectivity index (χ0n) is 19.5. The Morgan fingerprint density at radius 3 is 2.00 bits per heavy atom. The molecule has 0 saturated heterocycles. The van der Waals surface area contributed by atoms with Crippen LogP contribution in [0, 0.1) is 10.1 Å². The summed E-state index contributed by atoms with van der Waals surface area (Å²) in [4.78, 5) is 10.3. The molecule has 3 rings (SSSR count). The Labute approximate surface area is 202 Å². The summed E-state index contributed by atoms with van der Waals surface area (Å²) < 4.78 is 49.1. The lowest BCUT2D eigenvalue weighted by molar-refractivity contribution is -0.386. The minimum atomic E-state index is -4.08. The summed E-state index contributed by atoms with van der Waals surface area (Å²) in [5.74, 6) is 1.44. The zero-order chi connectivity index (χ0) is 25.6. The largest absolute Gasteiger partial charge is 0.493 e. The Balaban J connectivity index is 1.87. The van der Waals surface area contributed by atoms with Crippen molar-refractivity contribution in [2.45, 2.75) is 4.90 Å². The van der Waals surface area contributed by atoms with Gasteiger partial charge in [-0.1, -0.05) is 24.3 Å². The number of ether oxygens (including phenoxy) is 4. The Morgan fingerprint density at radius 2 is 1.43 bits per heavy atom. The number of nitrogens with one attached hydrogen (secondary N) is 1. The second-order valence-corrected chi connectivity index (χ2v) is 8.80. The molecule has 0 aliphatic heterocycles. The number of benzene rings is 3. The maximum atomic E-state index is 12.8. The molecule has 0 fully saturated rings. The first-order valence-corrected chi connectivity index (χ1v) is 11.6. The maximum Gasteiger partial charge on any atom is 0.312 e. The fourth-order valence-electron chi connectivity index (χ4n) is 3.29. The van der Waals surface area contributed by atoms with Crippen molar-refractivity contribution in [2.24, 2.45) is 0 Å². The van der Waals surface area contributed by atoms with Crippen molar-refractivity contribution < 1.29 is 32.3 Å². The van der Waals surface area contributed by atoms with Crippen molar-refractivity contribution in [3.05, 3.63) is 75.8 Å². The van der Waals surface area contributed by atoms with Crippen molar-refractivity contribution in [1.82, 2.24) is 0 Å². The highest BCUT2D eigenvalue weighted by molar-refractivity contribution is 7.92. The maximum absolute atomic E-state index is 12.8. The van der Waals surface area contributed by atoms with Gasteiger partial charge < -0.3 is 18.9 Å². The molecule has 0 atom stereocenters. The van der Waals surface area contributed by atoms with Gasteiger partial charge in [-0.3, -0.25) is 14.8 Å². The molecule has 11 heteroatoms. The fourth-order valence-corrected chi connectivity index (χ4v) is 4.36. The van der Waals surface area contributed by atoms with Gasteiger partial charge in [0.1, 0.15) is 0 Å². The van der Waals surface area contributed by atoms with Crippen LogP contribution in [0.3, 0.4) is 0 Å². The van der Waals surface area contributed by atoms with E-state index in [1.807, 2.05) is 6.08 Å². The molecule has 1 N–H and O–H groups in total. The van der Waals surface area contributed by atoms with Gasteiger partial charge in [-0.25, -0.2) is 8.42 Å². The molecule has 0 spiro atoms. The number of anilines is 1. The molecular formula is C24H24N2O8S. The quantitative estimate of drug-likeness (QED) is 0.243. The molecule has 0 bridgehead atoms. The third kappa shape index (κ3) is 5.82. The van der Waals surface area contributed by atoms with E-state index in [4.69, 9.17) is 18.9 Å². The van der Waals surface area contributed by atoms with Crippen molar-refractivity contribution >= 4 is 33.6 Å². The van der Waals surface area contributed by atoms with Crippen LogP contribution in [0.25, 0.3) is 12.2 Å². The molecule has 10 nitrogen and oxygen atoms in total. The highest BCUT2D eigenvalue weighted by atomic mass is 32.2. The van der Waals surface area contributed by atoms with Crippen LogP contribution in [0.5, 0.6) is 23.0 Å². The molecule has 0 amide bonds. The first kappa shape index (κ1) is 25.4. The van der Waals surface area contributed by atoms with E-state index in [-0.39, 0.29) is 16.3 Å². The van der Waals surface area contributed by atoms with E-state index in [0.29, 0.717) is 22.8 Å². The standard InChI is InChI=1S/C24H24N2O8S/c1-31-21-11-10-19(15-20(21)26(27)28)35(29,30)25-18-7-5-6-16(12-18)8-9-17-13-22(32-2)24(34-4)23(14-17)33-3/h5-15,25H,1-4H3/b9-8-. The normalized spacial score (nSPS) is 11.2. The highest BCUT2D eigenvalue weighted by Gasteiger charge is 2.22. The lowest BCUT2D eigenvalue weighted by atomic mass is 10.1. The summed E-state index contributed by atoms with van der Waals surface area (Å²) in [6.07, 6.45) is 3.60. The van der Waals surface area contributed by atoms with Crippen molar-refractivity contribution in [2.75, 3.05) is 33.2 Å². The van der Waals surface area contributed by atoms with E-state index in [1.54, 1.807) is 42.5 Å². The Kier molecular flexibility index (Phi) is 7.82. The molecule has 0 aromatic heterocycles. The fraction of sp³-hybridized carbons (Fsp3) is 0.167. The monoisotopic (exact) mass is 500 g/mol. The SMILES string of the molecule is COc1ccc(S(=O)(=O)Nc2cccc(/C=C\c3cc(OC)c(OC)c(OC)c3)c2)cc1[N+](=O)[O-]. The van der Waals surface area contributed by atoms with E-state index in [9.17, 15) is 18.5 Å². The Bertz CT molecular complexity index is 1340. The zero-order valence-corrected chi connectivity index (χ0v) is 20.3. The van der Waals surface area contributed by atoms with Crippen LogP contribution in [0.4, 0.5) is 11.4 Å². The molecule has 0 radical (unpaired) electrons. The summed E-state index contributed by atoms with van der Waals surface area (Å²) in [5.41, 5.74) is 1.32. The molecule has 0 saturated carbocycles. The highest BCUT2D eigenvalue weighted by Crippen LogP contribution is 2.38. The van der Waals surface area contributed by atoms with Gasteiger partial charge in [0, 0.05) is 11.8 Å². The molecular weight excluding hydrogens is 476 g/mol. The average Bonchev–Trinajstić information content (AvgIpc) is 2.86. The summed E-state index contributed by atoms with van der Waals surface area (Å²) in [7, 11) is 1.76. The minimum absolute atomic E-state index is 0.0344. The van der Waals surface area contributed by atoms with Gasteiger partial charge in [-0.05, 0) is 47.5 Å². The number of nitrogens with zero attached hydrogens (tertiary/aromatic N) is 1. The van der Waals surface area contributed by atoms with Crippen LogP contribution in [-0.4, -0.2) is 41.8 Å². The topological polar surface area (TPSA) is 126 Å². The van der Waals surface area contributed by atoms with E-state index in [2.05, 4.69) is 4.72 Å². The number of nitro benzene ring substituents is 1. The number of rotatable bonds is 10. The molecule has 0 heterocycles. The molecule has 3 aromatic carbocycles. The lowest BCUT2D eigenvalue weighted by Crippen LogP contribution is -2.13. The number of nitro groups is 1. The summed E-state index contributed by atoms with van der Waals surface area (Å²) in [6.45, 7) is 0. The van der Waals surface area contributed by atoms with Crippen LogP contribution in [-0.2, 0) is 10.0 Å². The van der Waals surface area contributed by atoms with Gasteiger partial charge in [0.05, 0.1) is 38.3 Å². The van der Waals surface area contributed by atoms with E-state index < -0.39 is 20.6 Å². The second-order valence-electron chi connectivity index (χ2n) is 7.11. The van der Waals surface area contributed by atoms with E-state index in [0.717, 1.165) is 11.6 Å². The van der Waals surface area contributed by atoms with Gasteiger partial charge in [-0.2, -0.15) is 0 Å². The first-order chi connectivity index (χ1) is 16.7. The second kappa shape index (κ2) is 10.8. The van der Waals surface area contributed by atoms with Crippen LogP contribution in [0.15, 0.2) is 59.5 Å². The van der Waals surface area contributed by atoms with Crippen LogP contribution < -0.4 is 23.7 Å². The summed E-state index contributed by atoms with van der Waals surface area (Å²) in [5, 5.41) is 11.2. The van der Waals surface area contributed by atoms with Gasteiger partial charge >= 0.3 is 5.69 Å². The summed E-state index contributed by atoms with van der Waals surface area (Å²) in [6, 6.07) is 13.7. The first-order valence-electron chi connectivity index (χ1n) is 10.2. The smallest absolute Gasteiger partial charge is 0.312 e. The van der Waals surface area contributed by atoms with E-state index >= 15 is 0 Å². The predicted molar refractivity (Wildman–Crippen MR) is 132 cm³/mol. The lowest BCUT2D eigenvalue weighted by Gasteiger charge is -2.13. The minimum Gasteiger partial charge on any atom is -0.493 e. The molecule has 0 unspecified atom stereocenters. The summed E-state index contributed by atoms with van der Waals surface area (Å²) >= 11 is 0. The third-order valence-electron chi connectivity index (χ3n) is 4.95. The van der Waals surface area contributed by atoms with Crippen LogP contribution in [0.2, 0.25) is 0 Å². The Hall–Kier alpha value is -4.25. The molecule has 184 valence electrons. The van der Waals surface area contributed by atoms with Gasteiger partial charge in [0.2, 0.25) is 5.75 Å². The van der Waals surface area contributed by atoms with Crippen molar-refractivity contribution in [1.29, 1.82) is 0 Å². The average molecular weight is 501 g/mol. The number of hydrogen-bond acceptors (Lipinski definition) is 8. The Morgan fingerprint density at radius 1 is 0.800 bits per heavy atom. The van der Waals surface area contributed by atoms with Crippen molar-refractivity contribution in [3.63, 3.8) is 0 Å².